The van der Waals surface area contributed by atoms with Crippen LogP contribution in [0.25, 0.3) is 0 Å². The van der Waals surface area contributed by atoms with Gasteiger partial charge in [-0.05, 0) is 25.2 Å². The highest BCUT2D eigenvalue weighted by atomic mass is 32.2. The zero-order valence-corrected chi connectivity index (χ0v) is 12.2. The first-order chi connectivity index (χ1) is 9.69. The van der Waals surface area contributed by atoms with E-state index in [2.05, 4.69) is 5.32 Å². The van der Waals surface area contributed by atoms with E-state index in [-0.39, 0.29) is 0 Å². The number of carbonyl (C=O) groups is 2. The second kappa shape index (κ2) is 9.25. The molecule has 1 aromatic carbocycles. The SMILES string of the molecule is CCOc1ccccc1CSCCC(NC=O)C(=O)O. The Balaban J connectivity index is 2.40. The number of benzene rings is 1. The molecule has 0 aliphatic carbocycles. The zero-order valence-electron chi connectivity index (χ0n) is 11.4. The molecular formula is C14H19NO4S. The van der Waals surface area contributed by atoms with E-state index in [4.69, 9.17) is 9.84 Å². The Hall–Kier alpha value is -1.69. The highest BCUT2D eigenvalue weighted by Crippen LogP contribution is 2.23. The predicted octanol–water partition coefficient (Wildman–Crippen LogP) is 1.91. The molecule has 0 aliphatic rings. The summed E-state index contributed by atoms with van der Waals surface area (Å²) in [5.41, 5.74) is 1.09. The highest BCUT2D eigenvalue weighted by molar-refractivity contribution is 7.98. The monoisotopic (exact) mass is 297 g/mol. The number of ether oxygens (including phenoxy) is 1. The van der Waals surface area contributed by atoms with Crippen molar-refractivity contribution in [2.75, 3.05) is 12.4 Å². The van der Waals surface area contributed by atoms with Gasteiger partial charge >= 0.3 is 5.97 Å². The minimum atomic E-state index is -1.01. The summed E-state index contributed by atoms with van der Waals surface area (Å²) in [5, 5.41) is 11.2. The molecule has 1 unspecified atom stereocenters. The van der Waals surface area contributed by atoms with Crippen LogP contribution in [0.15, 0.2) is 24.3 Å². The van der Waals surface area contributed by atoms with E-state index >= 15 is 0 Å². The van der Waals surface area contributed by atoms with E-state index in [0.717, 1.165) is 17.1 Å². The molecular weight excluding hydrogens is 278 g/mol. The normalized spacial score (nSPS) is 11.7. The van der Waals surface area contributed by atoms with Gasteiger partial charge in [0.1, 0.15) is 11.8 Å². The summed E-state index contributed by atoms with van der Waals surface area (Å²) in [4.78, 5) is 21.1. The molecule has 1 atom stereocenters. The van der Waals surface area contributed by atoms with Gasteiger partial charge < -0.3 is 15.2 Å². The van der Waals surface area contributed by atoms with Crippen molar-refractivity contribution in [3.63, 3.8) is 0 Å². The number of hydrogen-bond acceptors (Lipinski definition) is 4. The van der Waals surface area contributed by atoms with Crippen molar-refractivity contribution >= 4 is 24.1 Å². The second-order valence-corrected chi connectivity index (χ2v) is 5.16. The van der Waals surface area contributed by atoms with Crippen molar-refractivity contribution in [2.24, 2.45) is 0 Å². The molecule has 20 heavy (non-hydrogen) atoms. The standard InChI is InChI=1S/C14H19NO4S/c1-2-19-13-6-4-3-5-11(13)9-20-8-7-12(14(17)18)15-10-16/h3-6,10,12H,2,7-9H2,1H3,(H,15,16)(H,17,18). The molecule has 0 fully saturated rings. The van der Waals surface area contributed by atoms with Gasteiger partial charge in [0.25, 0.3) is 0 Å². The number of carboxylic acid groups (broad SMARTS) is 1. The van der Waals surface area contributed by atoms with Gasteiger partial charge in [-0.1, -0.05) is 18.2 Å². The fraction of sp³-hybridized carbons (Fsp3) is 0.429. The quantitative estimate of drug-likeness (QED) is 0.509. The predicted molar refractivity (Wildman–Crippen MR) is 79.0 cm³/mol. The molecule has 2 N–H and O–H groups in total. The summed E-state index contributed by atoms with van der Waals surface area (Å²) in [6, 6.07) is 6.98. The van der Waals surface area contributed by atoms with Crippen LogP contribution >= 0.6 is 11.8 Å². The van der Waals surface area contributed by atoms with Gasteiger partial charge in [-0.3, -0.25) is 4.79 Å². The molecule has 0 radical (unpaired) electrons. The van der Waals surface area contributed by atoms with Gasteiger partial charge in [0.2, 0.25) is 6.41 Å². The Kier molecular flexibility index (Phi) is 7.57. The molecule has 110 valence electrons. The van der Waals surface area contributed by atoms with Crippen LogP contribution < -0.4 is 10.1 Å². The van der Waals surface area contributed by atoms with Crippen LogP contribution in [-0.4, -0.2) is 35.9 Å². The lowest BCUT2D eigenvalue weighted by atomic mass is 10.2. The zero-order chi connectivity index (χ0) is 14.8. The number of thioether (sulfide) groups is 1. The maximum Gasteiger partial charge on any atom is 0.326 e. The molecule has 0 spiro atoms. The van der Waals surface area contributed by atoms with E-state index in [1.165, 1.54) is 0 Å². The Bertz CT molecular complexity index is 439. The summed E-state index contributed by atoms with van der Waals surface area (Å²) in [6.45, 7) is 2.55. The third-order valence-electron chi connectivity index (χ3n) is 2.65. The van der Waals surface area contributed by atoms with Crippen molar-refractivity contribution in [1.82, 2.24) is 5.32 Å². The third kappa shape index (κ3) is 5.52. The van der Waals surface area contributed by atoms with Crippen LogP contribution in [0.4, 0.5) is 0 Å². The number of carboxylic acids is 1. The molecule has 0 aliphatic heterocycles. The Labute approximate surface area is 122 Å². The van der Waals surface area contributed by atoms with E-state index in [1.807, 2.05) is 31.2 Å². The van der Waals surface area contributed by atoms with Gasteiger partial charge in [0.15, 0.2) is 0 Å². The maximum atomic E-state index is 10.8. The molecule has 0 saturated heterocycles. The van der Waals surface area contributed by atoms with Crippen LogP contribution in [0, 0.1) is 0 Å². The van der Waals surface area contributed by atoms with Gasteiger partial charge in [-0.15, -0.1) is 0 Å². The Morgan fingerprint density at radius 2 is 2.25 bits per heavy atom. The van der Waals surface area contributed by atoms with Crippen molar-refractivity contribution in [2.45, 2.75) is 25.1 Å². The largest absolute Gasteiger partial charge is 0.494 e. The van der Waals surface area contributed by atoms with E-state index in [1.54, 1.807) is 11.8 Å². The molecule has 5 nitrogen and oxygen atoms in total. The topological polar surface area (TPSA) is 75.6 Å². The molecule has 1 amide bonds. The number of carbonyl (C=O) groups excluding carboxylic acids is 1. The van der Waals surface area contributed by atoms with Crippen LogP contribution in [0.3, 0.4) is 0 Å². The van der Waals surface area contributed by atoms with E-state index in [0.29, 0.717) is 25.2 Å². The van der Waals surface area contributed by atoms with Gasteiger partial charge in [0, 0.05) is 11.3 Å². The number of rotatable bonds is 10. The van der Waals surface area contributed by atoms with E-state index in [9.17, 15) is 9.59 Å². The lowest BCUT2D eigenvalue weighted by molar-refractivity contribution is -0.140. The maximum absolute atomic E-state index is 10.8. The molecule has 0 saturated carbocycles. The van der Waals surface area contributed by atoms with Crippen LogP contribution in [0.5, 0.6) is 5.75 Å². The Morgan fingerprint density at radius 3 is 2.90 bits per heavy atom. The second-order valence-electron chi connectivity index (χ2n) is 4.06. The third-order valence-corrected chi connectivity index (χ3v) is 3.69. The minimum Gasteiger partial charge on any atom is -0.494 e. The minimum absolute atomic E-state index is 0.398. The smallest absolute Gasteiger partial charge is 0.326 e. The lowest BCUT2D eigenvalue weighted by Crippen LogP contribution is -2.36. The average Bonchev–Trinajstić information content (AvgIpc) is 2.44. The van der Waals surface area contributed by atoms with Crippen LogP contribution in [0.2, 0.25) is 0 Å². The number of para-hydroxylation sites is 1. The number of aliphatic carboxylic acids is 1. The van der Waals surface area contributed by atoms with Gasteiger partial charge in [-0.2, -0.15) is 11.8 Å². The van der Waals surface area contributed by atoms with Crippen molar-refractivity contribution in [1.29, 1.82) is 0 Å². The van der Waals surface area contributed by atoms with Crippen molar-refractivity contribution in [3.05, 3.63) is 29.8 Å². The van der Waals surface area contributed by atoms with Gasteiger partial charge in [0.05, 0.1) is 6.61 Å². The molecule has 1 aromatic rings. The molecule has 6 heteroatoms. The molecule has 0 heterocycles. The average molecular weight is 297 g/mol. The van der Waals surface area contributed by atoms with Crippen LogP contribution in [-0.2, 0) is 15.3 Å². The summed E-state index contributed by atoms with van der Waals surface area (Å²) >= 11 is 1.62. The highest BCUT2D eigenvalue weighted by Gasteiger charge is 2.15. The number of hydrogen-bond donors (Lipinski definition) is 2. The molecule has 1 rings (SSSR count). The van der Waals surface area contributed by atoms with Crippen molar-refractivity contribution < 1.29 is 19.4 Å². The summed E-state index contributed by atoms with van der Waals surface area (Å²) < 4.78 is 5.53. The van der Waals surface area contributed by atoms with Gasteiger partial charge in [-0.25, -0.2) is 4.79 Å². The lowest BCUT2D eigenvalue weighted by Gasteiger charge is -2.12. The fourth-order valence-corrected chi connectivity index (χ4v) is 2.67. The first-order valence-electron chi connectivity index (χ1n) is 6.40. The Morgan fingerprint density at radius 1 is 1.50 bits per heavy atom. The number of nitrogens with one attached hydrogen (secondary N) is 1. The summed E-state index contributed by atoms with van der Waals surface area (Å²) in [7, 11) is 0. The number of amides is 1. The first-order valence-corrected chi connectivity index (χ1v) is 7.55. The summed E-state index contributed by atoms with van der Waals surface area (Å²) in [5.74, 6) is 1.26. The van der Waals surface area contributed by atoms with Crippen LogP contribution in [0.1, 0.15) is 18.9 Å². The van der Waals surface area contributed by atoms with Crippen molar-refractivity contribution in [3.8, 4) is 5.75 Å². The fourth-order valence-electron chi connectivity index (χ4n) is 1.66. The molecule has 0 bridgehead atoms. The van der Waals surface area contributed by atoms with E-state index < -0.39 is 12.0 Å². The molecule has 0 aromatic heterocycles. The first kappa shape index (κ1) is 16.4. The summed E-state index contributed by atoms with van der Waals surface area (Å²) in [6.07, 6.45) is 0.823.